The molecule has 0 amide bonds. The number of ether oxygens (including phenoxy) is 3. The molecule has 0 radical (unpaired) electrons. The van der Waals surface area contributed by atoms with E-state index in [9.17, 15) is 9.59 Å². The predicted molar refractivity (Wildman–Crippen MR) is 105 cm³/mol. The number of allylic oxidation sites excluding steroid dienone is 1. The van der Waals surface area contributed by atoms with Crippen molar-refractivity contribution in [2.75, 3.05) is 7.11 Å². The van der Waals surface area contributed by atoms with Crippen LogP contribution in [0.4, 0.5) is 0 Å². The highest BCUT2D eigenvalue weighted by molar-refractivity contribution is 6.14. The average molecular weight is 378 g/mol. The largest absolute Gasteiger partial charge is 0.497 e. The Kier molecular flexibility index (Phi) is 5.15. The van der Waals surface area contributed by atoms with E-state index in [1.165, 1.54) is 6.42 Å². The Morgan fingerprint density at radius 2 is 1.89 bits per heavy atom. The van der Waals surface area contributed by atoms with Crippen molar-refractivity contribution in [3.8, 4) is 17.2 Å². The van der Waals surface area contributed by atoms with Crippen molar-refractivity contribution in [2.45, 2.75) is 32.1 Å². The van der Waals surface area contributed by atoms with Gasteiger partial charge in [-0.05, 0) is 48.7 Å². The first-order valence-electron chi connectivity index (χ1n) is 9.58. The van der Waals surface area contributed by atoms with Gasteiger partial charge in [-0.2, -0.15) is 0 Å². The van der Waals surface area contributed by atoms with Crippen LogP contribution >= 0.6 is 0 Å². The van der Waals surface area contributed by atoms with Crippen molar-refractivity contribution in [1.29, 1.82) is 0 Å². The zero-order valence-corrected chi connectivity index (χ0v) is 15.8. The molecule has 0 saturated heterocycles. The standard InChI is InChI=1S/C23H22O5/c1-26-17-10-11-19-20(14-17)28-21(22(19)24)13-15-6-5-9-18(12-15)27-23(25)16-7-3-2-4-8-16/h5-6,9-14,16H,2-4,7-8H2,1H3/b21-13-. The summed E-state index contributed by atoms with van der Waals surface area (Å²) in [6.45, 7) is 0. The summed E-state index contributed by atoms with van der Waals surface area (Å²) in [5.74, 6) is 1.47. The Morgan fingerprint density at radius 1 is 1.07 bits per heavy atom. The molecule has 2 aromatic carbocycles. The lowest BCUT2D eigenvalue weighted by Gasteiger charge is -2.19. The fraction of sp³-hybridized carbons (Fsp3) is 0.304. The highest BCUT2D eigenvalue weighted by Crippen LogP contribution is 2.35. The van der Waals surface area contributed by atoms with Gasteiger partial charge in [0.25, 0.3) is 0 Å². The van der Waals surface area contributed by atoms with Crippen LogP contribution in [0.25, 0.3) is 6.08 Å². The van der Waals surface area contributed by atoms with E-state index in [0.717, 1.165) is 31.2 Å². The summed E-state index contributed by atoms with van der Waals surface area (Å²) in [5.41, 5.74) is 1.24. The first-order valence-corrected chi connectivity index (χ1v) is 9.58. The van der Waals surface area contributed by atoms with E-state index in [-0.39, 0.29) is 23.4 Å². The Labute approximate surface area is 163 Å². The molecule has 28 heavy (non-hydrogen) atoms. The van der Waals surface area contributed by atoms with Crippen LogP contribution in [0.2, 0.25) is 0 Å². The number of rotatable bonds is 4. The lowest BCUT2D eigenvalue weighted by Crippen LogP contribution is -2.22. The van der Waals surface area contributed by atoms with Crippen LogP contribution < -0.4 is 14.2 Å². The van der Waals surface area contributed by atoms with Crippen LogP contribution in [-0.4, -0.2) is 18.9 Å². The second-order valence-corrected chi connectivity index (χ2v) is 7.13. The van der Waals surface area contributed by atoms with E-state index >= 15 is 0 Å². The lowest BCUT2D eigenvalue weighted by atomic mass is 9.89. The van der Waals surface area contributed by atoms with Gasteiger partial charge in [0.15, 0.2) is 5.76 Å². The van der Waals surface area contributed by atoms with Gasteiger partial charge in [0.05, 0.1) is 18.6 Å². The molecule has 0 aromatic heterocycles. The number of benzene rings is 2. The molecule has 1 fully saturated rings. The van der Waals surface area contributed by atoms with Gasteiger partial charge in [-0.1, -0.05) is 31.4 Å². The van der Waals surface area contributed by atoms with E-state index in [2.05, 4.69) is 0 Å². The van der Waals surface area contributed by atoms with Crippen LogP contribution in [0, 0.1) is 5.92 Å². The van der Waals surface area contributed by atoms with E-state index in [0.29, 0.717) is 22.8 Å². The molecule has 5 nitrogen and oxygen atoms in total. The molecule has 1 heterocycles. The Balaban J connectivity index is 1.50. The van der Waals surface area contributed by atoms with Crippen molar-refractivity contribution in [2.24, 2.45) is 5.92 Å². The maximum atomic E-state index is 12.6. The molecular formula is C23H22O5. The van der Waals surface area contributed by atoms with E-state index in [1.807, 2.05) is 6.07 Å². The van der Waals surface area contributed by atoms with Crippen LogP contribution in [0.3, 0.4) is 0 Å². The molecule has 0 atom stereocenters. The van der Waals surface area contributed by atoms with Gasteiger partial charge in [0, 0.05) is 6.07 Å². The highest BCUT2D eigenvalue weighted by Gasteiger charge is 2.28. The van der Waals surface area contributed by atoms with Crippen molar-refractivity contribution >= 4 is 17.8 Å². The number of ketones is 1. The average Bonchev–Trinajstić information content (AvgIpc) is 3.03. The minimum Gasteiger partial charge on any atom is -0.497 e. The summed E-state index contributed by atoms with van der Waals surface area (Å²) in [6.07, 6.45) is 6.80. The third kappa shape index (κ3) is 3.79. The Hall–Kier alpha value is -3.08. The second kappa shape index (κ2) is 7.89. The summed E-state index contributed by atoms with van der Waals surface area (Å²) in [4.78, 5) is 24.9. The zero-order valence-electron chi connectivity index (χ0n) is 15.8. The first-order chi connectivity index (χ1) is 13.6. The number of hydrogen-bond acceptors (Lipinski definition) is 5. The number of fused-ring (bicyclic) bond motifs is 1. The zero-order chi connectivity index (χ0) is 19.5. The van der Waals surface area contributed by atoms with Crippen molar-refractivity contribution < 1.29 is 23.8 Å². The molecule has 2 aliphatic rings. The molecule has 5 heteroatoms. The van der Waals surface area contributed by atoms with Gasteiger partial charge in [-0.25, -0.2) is 0 Å². The quantitative estimate of drug-likeness (QED) is 0.435. The van der Waals surface area contributed by atoms with Crippen LogP contribution in [0.15, 0.2) is 48.2 Å². The molecule has 1 aliphatic carbocycles. The number of Topliss-reactive ketones (excluding diaryl/α,β-unsaturated/α-hetero) is 1. The van der Waals surface area contributed by atoms with Gasteiger partial charge in [0.2, 0.25) is 5.78 Å². The second-order valence-electron chi connectivity index (χ2n) is 7.13. The summed E-state index contributed by atoms with van der Waals surface area (Å²) >= 11 is 0. The van der Waals surface area contributed by atoms with Crippen LogP contribution in [-0.2, 0) is 4.79 Å². The summed E-state index contributed by atoms with van der Waals surface area (Å²) < 4.78 is 16.4. The third-order valence-corrected chi connectivity index (χ3v) is 5.19. The minimum atomic E-state index is -0.178. The van der Waals surface area contributed by atoms with E-state index in [4.69, 9.17) is 14.2 Å². The molecule has 0 spiro atoms. The van der Waals surface area contributed by atoms with Crippen molar-refractivity contribution in [1.82, 2.24) is 0 Å². The molecule has 4 rings (SSSR count). The van der Waals surface area contributed by atoms with Crippen molar-refractivity contribution in [3.05, 3.63) is 59.4 Å². The molecule has 2 aromatic rings. The fourth-order valence-electron chi connectivity index (χ4n) is 3.65. The summed E-state index contributed by atoms with van der Waals surface area (Å²) in [7, 11) is 1.56. The summed E-state index contributed by atoms with van der Waals surface area (Å²) in [5, 5.41) is 0. The Bertz CT molecular complexity index is 938. The first kappa shape index (κ1) is 18.3. The molecule has 1 aliphatic heterocycles. The number of carbonyl (C=O) groups excluding carboxylic acids is 2. The molecule has 0 unspecified atom stereocenters. The van der Waals surface area contributed by atoms with Gasteiger partial charge >= 0.3 is 5.97 Å². The van der Waals surface area contributed by atoms with Crippen LogP contribution in [0.1, 0.15) is 48.0 Å². The number of methoxy groups -OCH3 is 1. The van der Waals surface area contributed by atoms with Gasteiger partial charge in [-0.15, -0.1) is 0 Å². The van der Waals surface area contributed by atoms with Crippen molar-refractivity contribution in [3.63, 3.8) is 0 Å². The van der Waals surface area contributed by atoms with Gasteiger partial charge < -0.3 is 14.2 Å². The molecule has 0 N–H and O–H groups in total. The summed E-state index contributed by atoms with van der Waals surface area (Å²) in [6, 6.07) is 12.2. The third-order valence-electron chi connectivity index (χ3n) is 5.19. The van der Waals surface area contributed by atoms with E-state index in [1.54, 1.807) is 49.6 Å². The smallest absolute Gasteiger partial charge is 0.314 e. The van der Waals surface area contributed by atoms with Gasteiger partial charge in [-0.3, -0.25) is 9.59 Å². The SMILES string of the molecule is COc1ccc2c(c1)O/C(=C\c1cccc(OC(=O)C3CCCCC3)c1)C2=O. The lowest BCUT2D eigenvalue weighted by molar-refractivity contribution is -0.139. The number of esters is 1. The van der Waals surface area contributed by atoms with E-state index < -0.39 is 0 Å². The topological polar surface area (TPSA) is 61.8 Å². The normalized spacial score (nSPS) is 17.9. The predicted octanol–water partition coefficient (Wildman–Crippen LogP) is 4.80. The monoisotopic (exact) mass is 378 g/mol. The van der Waals surface area contributed by atoms with Crippen LogP contribution in [0.5, 0.6) is 17.2 Å². The van der Waals surface area contributed by atoms with Gasteiger partial charge in [0.1, 0.15) is 17.2 Å². The minimum absolute atomic E-state index is 0.0139. The highest BCUT2D eigenvalue weighted by atomic mass is 16.5. The fourth-order valence-corrected chi connectivity index (χ4v) is 3.65. The number of hydrogen-bond donors (Lipinski definition) is 0. The molecule has 144 valence electrons. The maximum absolute atomic E-state index is 12.6. The molecule has 1 saturated carbocycles. The molecule has 0 bridgehead atoms. The maximum Gasteiger partial charge on any atom is 0.314 e. The Morgan fingerprint density at radius 3 is 2.68 bits per heavy atom. The number of carbonyl (C=O) groups is 2. The molecular weight excluding hydrogens is 356 g/mol.